The highest BCUT2D eigenvalue weighted by molar-refractivity contribution is 5.79. The molecule has 0 bridgehead atoms. The molecule has 0 aliphatic carbocycles. The summed E-state index contributed by atoms with van der Waals surface area (Å²) in [5.74, 6) is 1.03. The molecule has 0 radical (unpaired) electrons. The Bertz CT molecular complexity index is 544. The van der Waals surface area contributed by atoms with E-state index in [1.165, 1.54) is 12.8 Å². The van der Waals surface area contributed by atoms with Crippen molar-refractivity contribution in [3.05, 3.63) is 29.8 Å². The molecule has 1 aromatic rings. The fourth-order valence-corrected chi connectivity index (χ4v) is 3.77. The molecule has 0 saturated carbocycles. The van der Waals surface area contributed by atoms with E-state index >= 15 is 0 Å². The van der Waals surface area contributed by atoms with Gasteiger partial charge in [0.2, 0.25) is 5.91 Å². The predicted octanol–water partition coefficient (Wildman–Crippen LogP) is 1.95. The van der Waals surface area contributed by atoms with Gasteiger partial charge in [0.1, 0.15) is 5.75 Å². The number of morpholine rings is 1. The van der Waals surface area contributed by atoms with Gasteiger partial charge in [0, 0.05) is 25.7 Å². The molecule has 0 aromatic heterocycles. The lowest BCUT2D eigenvalue weighted by Crippen LogP contribution is -2.62. The first-order valence-corrected chi connectivity index (χ1v) is 8.95. The molecule has 1 amide bonds. The van der Waals surface area contributed by atoms with E-state index in [1.807, 2.05) is 29.2 Å². The first-order valence-electron chi connectivity index (χ1n) is 8.95. The minimum Gasteiger partial charge on any atom is -0.497 e. The summed E-state index contributed by atoms with van der Waals surface area (Å²) < 4.78 is 10.9. The van der Waals surface area contributed by atoms with Gasteiger partial charge >= 0.3 is 0 Å². The molecule has 3 rings (SSSR count). The van der Waals surface area contributed by atoms with E-state index in [0.29, 0.717) is 18.5 Å². The second kappa shape index (κ2) is 7.99. The van der Waals surface area contributed by atoms with Gasteiger partial charge in [0.15, 0.2) is 0 Å². The molecule has 24 heavy (non-hydrogen) atoms. The maximum absolute atomic E-state index is 12.6. The minimum absolute atomic E-state index is 0.206. The first-order chi connectivity index (χ1) is 11.7. The quantitative estimate of drug-likeness (QED) is 0.826. The minimum atomic E-state index is 0.206. The van der Waals surface area contributed by atoms with Crippen LogP contribution in [0.5, 0.6) is 5.75 Å². The number of methoxy groups -OCH3 is 1. The fourth-order valence-electron chi connectivity index (χ4n) is 3.77. The van der Waals surface area contributed by atoms with Crippen LogP contribution >= 0.6 is 0 Å². The van der Waals surface area contributed by atoms with Crippen molar-refractivity contribution in [3.8, 4) is 5.75 Å². The number of hydrogen-bond donors (Lipinski definition) is 0. The summed E-state index contributed by atoms with van der Waals surface area (Å²) >= 11 is 0. The largest absolute Gasteiger partial charge is 0.497 e. The number of hydrogen-bond acceptors (Lipinski definition) is 4. The van der Waals surface area contributed by atoms with Crippen molar-refractivity contribution in [2.45, 2.75) is 38.3 Å². The summed E-state index contributed by atoms with van der Waals surface area (Å²) in [5.41, 5.74) is 1.03. The zero-order valence-corrected chi connectivity index (χ0v) is 14.7. The maximum Gasteiger partial charge on any atom is 0.227 e. The Morgan fingerprint density at radius 3 is 2.75 bits per heavy atom. The van der Waals surface area contributed by atoms with Crippen LogP contribution in [0.3, 0.4) is 0 Å². The monoisotopic (exact) mass is 332 g/mol. The zero-order chi connectivity index (χ0) is 16.9. The van der Waals surface area contributed by atoms with Gasteiger partial charge in [-0.25, -0.2) is 0 Å². The van der Waals surface area contributed by atoms with Crippen molar-refractivity contribution in [1.82, 2.24) is 9.80 Å². The van der Waals surface area contributed by atoms with Crippen LogP contribution in [0.1, 0.15) is 25.3 Å². The van der Waals surface area contributed by atoms with Crippen molar-refractivity contribution >= 4 is 5.91 Å². The molecule has 132 valence electrons. The normalized spacial score (nSPS) is 24.5. The van der Waals surface area contributed by atoms with E-state index in [2.05, 4.69) is 11.8 Å². The molecule has 1 aromatic carbocycles. The highest BCUT2D eigenvalue weighted by Crippen LogP contribution is 2.22. The summed E-state index contributed by atoms with van der Waals surface area (Å²) in [7, 11) is 1.65. The summed E-state index contributed by atoms with van der Waals surface area (Å²) in [6.07, 6.45) is 2.81. The predicted molar refractivity (Wildman–Crippen MR) is 93.3 cm³/mol. The van der Waals surface area contributed by atoms with Gasteiger partial charge in [0.25, 0.3) is 0 Å². The highest BCUT2D eigenvalue weighted by Gasteiger charge is 2.36. The van der Waals surface area contributed by atoms with E-state index in [4.69, 9.17) is 9.47 Å². The molecule has 2 fully saturated rings. The van der Waals surface area contributed by atoms with Crippen LogP contribution in [-0.4, -0.2) is 67.7 Å². The van der Waals surface area contributed by atoms with Crippen LogP contribution in [0.4, 0.5) is 0 Å². The number of benzene rings is 1. The number of carbonyl (C=O) groups excluding carboxylic acids is 1. The summed E-state index contributed by atoms with van der Waals surface area (Å²) in [6.45, 7) is 6.38. The lowest BCUT2D eigenvalue weighted by atomic mass is 10.0. The van der Waals surface area contributed by atoms with Crippen molar-refractivity contribution in [1.29, 1.82) is 0 Å². The molecule has 2 heterocycles. The molecule has 5 heteroatoms. The molecular formula is C19H28N2O3. The van der Waals surface area contributed by atoms with Crippen LogP contribution in [0, 0.1) is 0 Å². The van der Waals surface area contributed by atoms with E-state index in [1.54, 1.807) is 7.11 Å². The maximum atomic E-state index is 12.6. The molecule has 0 N–H and O–H groups in total. The summed E-state index contributed by atoms with van der Waals surface area (Å²) in [4.78, 5) is 17.2. The average Bonchev–Trinajstić information content (AvgIpc) is 2.62. The Balaban J connectivity index is 1.57. The van der Waals surface area contributed by atoms with Crippen LogP contribution in [-0.2, 0) is 16.0 Å². The molecule has 2 aliphatic rings. The van der Waals surface area contributed by atoms with Gasteiger partial charge in [0.05, 0.1) is 32.8 Å². The third-order valence-electron chi connectivity index (χ3n) is 5.11. The molecule has 0 spiro atoms. The van der Waals surface area contributed by atoms with E-state index in [-0.39, 0.29) is 5.91 Å². The molecule has 0 unspecified atom stereocenters. The third kappa shape index (κ3) is 3.90. The molecule has 2 saturated heterocycles. The number of rotatable bonds is 5. The number of amides is 1. The van der Waals surface area contributed by atoms with Crippen molar-refractivity contribution < 1.29 is 14.3 Å². The second-order valence-corrected chi connectivity index (χ2v) is 6.74. The van der Waals surface area contributed by atoms with E-state index < -0.39 is 0 Å². The zero-order valence-electron chi connectivity index (χ0n) is 14.7. The Morgan fingerprint density at radius 1 is 1.25 bits per heavy atom. The molecule has 2 aliphatic heterocycles. The van der Waals surface area contributed by atoms with Crippen molar-refractivity contribution in [2.24, 2.45) is 0 Å². The highest BCUT2D eigenvalue weighted by atomic mass is 16.5. The van der Waals surface area contributed by atoms with Crippen molar-refractivity contribution in [2.75, 3.05) is 40.0 Å². The lowest BCUT2D eigenvalue weighted by molar-refractivity contribution is -0.139. The molecule has 2 atom stereocenters. The van der Waals surface area contributed by atoms with Gasteiger partial charge in [-0.05, 0) is 24.1 Å². The Labute approximate surface area is 144 Å². The number of carbonyl (C=O) groups is 1. The van der Waals surface area contributed by atoms with Gasteiger partial charge < -0.3 is 14.4 Å². The van der Waals surface area contributed by atoms with E-state index in [9.17, 15) is 4.79 Å². The Kier molecular flexibility index (Phi) is 5.74. The topological polar surface area (TPSA) is 42.0 Å². The number of fused-ring (bicyclic) bond motifs is 1. The number of nitrogens with zero attached hydrogens (tertiary/aromatic N) is 2. The van der Waals surface area contributed by atoms with Gasteiger partial charge in [-0.2, -0.15) is 0 Å². The SMILES string of the molecule is CCC[C@H]1COC[C@H]2CN(C(=O)Cc3ccc(OC)cc3)CCN12. The summed E-state index contributed by atoms with van der Waals surface area (Å²) in [6, 6.07) is 8.62. The van der Waals surface area contributed by atoms with E-state index in [0.717, 1.165) is 44.2 Å². The van der Waals surface area contributed by atoms with Crippen LogP contribution < -0.4 is 4.74 Å². The Hall–Kier alpha value is -1.59. The molecular weight excluding hydrogens is 304 g/mol. The lowest BCUT2D eigenvalue weighted by Gasteiger charge is -2.48. The summed E-state index contributed by atoms with van der Waals surface area (Å²) in [5, 5.41) is 0. The number of piperazine rings is 1. The van der Waals surface area contributed by atoms with Gasteiger partial charge in [-0.3, -0.25) is 9.69 Å². The fraction of sp³-hybridized carbons (Fsp3) is 0.632. The molecule has 5 nitrogen and oxygen atoms in total. The standard InChI is InChI=1S/C19H28N2O3/c1-3-4-16-13-24-14-17-12-20(9-10-21(16)17)19(22)11-15-5-7-18(23-2)8-6-15/h5-8,16-17H,3-4,9-14H2,1-2H3/t16-,17+/m0/s1. The van der Waals surface area contributed by atoms with Crippen LogP contribution in [0.2, 0.25) is 0 Å². The van der Waals surface area contributed by atoms with Crippen LogP contribution in [0.15, 0.2) is 24.3 Å². The van der Waals surface area contributed by atoms with Crippen LogP contribution in [0.25, 0.3) is 0 Å². The van der Waals surface area contributed by atoms with Crippen molar-refractivity contribution in [3.63, 3.8) is 0 Å². The smallest absolute Gasteiger partial charge is 0.227 e. The Morgan fingerprint density at radius 2 is 2.04 bits per heavy atom. The first kappa shape index (κ1) is 17.2. The third-order valence-corrected chi connectivity index (χ3v) is 5.11. The average molecular weight is 332 g/mol. The number of ether oxygens (including phenoxy) is 2. The van der Waals surface area contributed by atoms with Gasteiger partial charge in [-0.1, -0.05) is 25.5 Å². The second-order valence-electron chi connectivity index (χ2n) is 6.74. The van der Waals surface area contributed by atoms with Gasteiger partial charge in [-0.15, -0.1) is 0 Å².